The van der Waals surface area contributed by atoms with Crippen molar-refractivity contribution >= 4 is 16.9 Å². The maximum atomic E-state index is 13.2. The molecule has 0 saturated carbocycles. The van der Waals surface area contributed by atoms with Crippen molar-refractivity contribution < 1.29 is 4.79 Å². The van der Waals surface area contributed by atoms with Gasteiger partial charge in [0, 0.05) is 16.7 Å². The SMILES string of the molecule is C[C@@H](C(=O)SC(C)(C)C)[C@H](NC(c1ccccc1)c1ccccc1)c1ccccc1. The summed E-state index contributed by atoms with van der Waals surface area (Å²) in [5.74, 6) is -0.174. The summed E-state index contributed by atoms with van der Waals surface area (Å²) in [7, 11) is 0. The van der Waals surface area contributed by atoms with Crippen molar-refractivity contribution in [2.45, 2.75) is 44.5 Å². The summed E-state index contributed by atoms with van der Waals surface area (Å²) in [6.07, 6.45) is 0. The number of carbonyl (C=O) groups excluding carboxylic acids is 1. The molecule has 2 atom stereocenters. The topological polar surface area (TPSA) is 29.1 Å². The molecule has 0 aromatic heterocycles. The molecule has 30 heavy (non-hydrogen) atoms. The Morgan fingerprint density at radius 3 is 1.53 bits per heavy atom. The summed E-state index contributed by atoms with van der Waals surface area (Å²) in [5.41, 5.74) is 3.50. The molecular weight excluding hydrogens is 386 g/mol. The summed E-state index contributed by atoms with van der Waals surface area (Å²) in [6.45, 7) is 8.30. The molecule has 156 valence electrons. The van der Waals surface area contributed by atoms with Crippen LogP contribution in [0.2, 0.25) is 0 Å². The lowest BCUT2D eigenvalue weighted by Crippen LogP contribution is -2.34. The smallest absolute Gasteiger partial charge is 0.194 e. The van der Waals surface area contributed by atoms with Gasteiger partial charge in [0.2, 0.25) is 0 Å². The summed E-state index contributed by atoms with van der Waals surface area (Å²) in [5, 5.41) is 4.05. The van der Waals surface area contributed by atoms with Gasteiger partial charge in [-0.2, -0.15) is 0 Å². The molecule has 0 unspecified atom stereocenters. The Bertz CT molecular complexity index is 880. The molecule has 0 aliphatic carbocycles. The maximum absolute atomic E-state index is 13.2. The highest BCUT2D eigenvalue weighted by Crippen LogP contribution is 2.35. The fraction of sp³-hybridized carbons (Fsp3) is 0.296. The molecule has 1 N–H and O–H groups in total. The fourth-order valence-electron chi connectivity index (χ4n) is 3.58. The molecular formula is C27H31NOS. The largest absolute Gasteiger partial charge is 0.299 e. The number of thioether (sulfide) groups is 1. The molecule has 3 rings (SSSR count). The average molecular weight is 418 g/mol. The molecule has 3 heteroatoms. The summed E-state index contributed by atoms with van der Waals surface area (Å²) in [6, 6.07) is 31.1. The van der Waals surface area contributed by atoms with Crippen molar-refractivity contribution in [3.63, 3.8) is 0 Å². The first-order valence-corrected chi connectivity index (χ1v) is 11.3. The zero-order valence-electron chi connectivity index (χ0n) is 18.2. The summed E-state index contributed by atoms with van der Waals surface area (Å²) < 4.78 is -0.106. The van der Waals surface area contributed by atoms with E-state index in [9.17, 15) is 4.79 Å². The van der Waals surface area contributed by atoms with E-state index in [1.807, 2.05) is 37.3 Å². The standard InChI is InChI=1S/C27H31NOS/c1-20(26(29)30-27(2,3)4)24(21-14-8-5-9-15-21)28-25(22-16-10-6-11-17-22)23-18-12-7-13-19-23/h5-20,24-25,28H,1-4H3/t20-,24+/m1/s1. The van der Waals surface area contributed by atoms with E-state index >= 15 is 0 Å². The van der Waals surface area contributed by atoms with Crippen LogP contribution in [0.15, 0.2) is 91.0 Å². The summed E-state index contributed by atoms with van der Waals surface area (Å²) >= 11 is 1.43. The third-order valence-electron chi connectivity index (χ3n) is 5.05. The molecule has 0 heterocycles. The van der Waals surface area contributed by atoms with Crippen LogP contribution in [-0.4, -0.2) is 9.86 Å². The third-order valence-corrected chi connectivity index (χ3v) is 6.23. The van der Waals surface area contributed by atoms with Gasteiger partial charge < -0.3 is 0 Å². The number of hydrogen-bond donors (Lipinski definition) is 1. The first-order chi connectivity index (χ1) is 14.3. The Labute approximate surface area is 185 Å². The van der Waals surface area contributed by atoms with E-state index < -0.39 is 0 Å². The molecule has 3 aromatic rings. The van der Waals surface area contributed by atoms with Crippen LogP contribution in [0, 0.1) is 5.92 Å². The second-order valence-corrected chi connectivity index (χ2v) is 10.5. The van der Waals surface area contributed by atoms with E-state index in [1.54, 1.807) is 0 Å². The van der Waals surface area contributed by atoms with E-state index in [0.717, 1.165) is 5.56 Å². The van der Waals surface area contributed by atoms with E-state index in [4.69, 9.17) is 0 Å². The minimum atomic E-state index is -0.174. The second kappa shape index (κ2) is 10.1. The Morgan fingerprint density at radius 2 is 1.13 bits per heavy atom. The predicted molar refractivity (Wildman–Crippen MR) is 129 cm³/mol. The van der Waals surface area contributed by atoms with Gasteiger partial charge in [-0.25, -0.2) is 0 Å². The highest BCUT2D eigenvalue weighted by molar-refractivity contribution is 8.14. The molecule has 3 aromatic carbocycles. The van der Waals surface area contributed by atoms with Crippen molar-refractivity contribution in [2.75, 3.05) is 0 Å². The molecule has 0 spiro atoms. The number of rotatable bonds is 7. The van der Waals surface area contributed by atoms with Gasteiger partial charge in [-0.05, 0) is 16.7 Å². The highest BCUT2D eigenvalue weighted by atomic mass is 32.2. The molecule has 0 amide bonds. The van der Waals surface area contributed by atoms with Crippen LogP contribution in [0.4, 0.5) is 0 Å². The Hall–Kier alpha value is -2.36. The maximum Gasteiger partial charge on any atom is 0.194 e. The zero-order chi connectivity index (χ0) is 21.6. The lowest BCUT2D eigenvalue weighted by molar-refractivity contribution is -0.114. The van der Waals surface area contributed by atoms with Crippen LogP contribution < -0.4 is 5.32 Å². The zero-order valence-corrected chi connectivity index (χ0v) is 19.0. The first-order valence-electron chi connectivity index (χ1n) is 10.5. The number of hydrogen-bond acceptors (Lipinski definition) is 3. The molecule has 0 aliphatic heterocycles. The van der Waals surface area contributed by atoms with Crippen LogP contribution >= 0.6 is 11.8 Å². The summed E-state index contributed by atoms with van der Waals surface area (Å²) in [4.78, 5) is 13.2. The van der Waals surface area contributed by atoms with Crippen LogP contribution in [0.1, 0.15) is 56.5 Å². The van der Waals surface area contributed by atoms with E-state index in [1.165, 1.54) is 22.9 Å². The van der Waals surface area contributed by atoms with Crippen LogP contribution in [0.5, 0.6) is 0 Å². The van der Waals surface area contributed by atoms with Gasteiger partial charge in [-0.3, -0.25) is 10.1 Å². The Balaban J connectivity index is 1.98. The number of benzene rings is 3. The highest BCUT2D eigenvalue weighted by Gasteiger charge is 2.31. The normalized spacial score (nSPS) is 13.8. The van der Waals surface area contributed by atoms with Crippen molar-refractivity contribution in [1.29, 1.82) is 0 Å². The minimum absolute atomic E-state index is 0.00695. The van der Waals surface area contributed by atoms with Crippen LogP contribution in [0.3, 0.4) is 0 Å². The first kappa shape index (κ1) is 22.3. The average Bonchev–Trinajstić information content (AvgIpc) is 2.75. The molecule has 0 radical (unpaired) electrons. The van der Waals surface area contributed by atoms with E-state index in [2.05, 4.69) is 86.8 Å². The van der Waals surface area contributed by atoms with E-state index in [0.29, 0.717) is 0 Å². The Morgan fingerprint density at radius 1 is 0.733 bits per heavy atom. The van der Waals surface area contributed by atoms with Crippen LogP contribution in [-0.2, 0) is 4.79 Å². The molecule has 2 nitrogen and oxygen atoms in total. The van der Waals surface area contributed by atoms with Crippen molar-refractivity contribution in [1.82, 2.24) is 5.32 Å². The minimum Gasteiger partial charge on any atom is -0.299 e. The number of carbonyl (C=O) groups is 1. The predicted octanol–water partition coefficient (Wildman–Crippen LogP) is 6.80. The van der Waals surface area contributed by atoms with E-state index in [-0.39, 0.29) is 27.9 Å². The van der Waals surface area contributed by atoms with Gasteiger partial charge in [0.1, 0.15) is 0 Å². The molecule has 0 aliphatic rings. The molecule has 0 fully saturated rings. The molecule has 0 saturated heterocycles. The Kier molecular flexibility index (Phi) is 7.52. The van der Waals surface area contributed by atoms with Gasteiger partial charge in [0.15, 0.2) is 5.12 Å². The van der Waals surface area contributed by atoms with Crippen LogP contribution in [0.25, 0.3) is 0 Å². The van der Waals surface area contributed by atoms with Gasteiger partial charge in [0.25, 0.3) is 0 Å². The van der Waals surface area contributed by atoms with Crippen molar-refractivity contribution in [2.24, 2.45) is 5.92 Å². The molecule has 0 bridgehead atoms. The van der Waals surface area contributed by atoms with Gasteiger partial charge in [-0.15, -0.1) is 0 Å². The number of nitrogens with one attached hydrogen (secondary N) is 1. The second-order valence-electron chi connectivity index (χ2n) is 8.63. The van der Waals surface area contributed by atoms with Gasteiger partial charge in [0.05, 0.1) is 6.04 Å². The third kappa shape index (κ3) is 6.07. The quantitative estimate of drug-likeness (QED) is 0.458. The van der Waals surface area contributed by atoms with Crippen molar-refractivity contribution in [3.8, 4) is 0 Å². The lowest BCUT2D eigenvalue weighted by Gasteiger charge is -2.31. The lowest BCUT2D eigenvalue weighted by atomic mass is 9.91. The fourth-order valence-corrected chi connectivity index (χ4v) is 4.50. The van der Waals surface area contributed by atoms with Crippen molar-refractivity contribution in [3.05, 3.63) is 108 Å². The van der Waals surface area contributed by atoms with Gasteiger partial charge in [-0.1, -0.05) is 130 Å². The monoisotopic (exact) mass is 417 g/mol. The van der Waals surface area contributed by atoms with Gasteiger partial charge >= 0.3 is 0 Å².